The van der Waals surface area contributed by atoms with Gasteiger partial charge in [0.05, 0.1) is 0 Å². The first-order valence-electron chi connectivity index (χ1n) is 16.9. The molecule has 0 aliphatic carbocycles. The summed E-state index contributed by atoms with van der Waals surface area (Å²) in [4.78, 5) is 0. The van der Waals surface area contributed by atoms with E-state index < -0.39 is 10.4 Å². The minimum Gasteiger partial charge on any atom is -0.352 e. The van der Waals surface area contributed by atoms with Crippen LogP contribution in [0.3, 0.4) is 0 Å². The summed E-state index contributed by atoms with van der Waals surface area (Å²) in [5.74, 6) is 0.520. The predicted octanol–water partition coefficient (Wildman–Crippen LogP) is 11.5. The molecule has 1 aliphatic rings. The fourth-order valence-corrected chi connectivity index (χ4v) is 7.51. The lowest BCUT2D eigenvalue weighted by Crippen LogP contribution is -2.15. The van der Waals surface area contributed by atoms with Crippen molar-refractivity contribution in [2.24, 2.45) is 0 Å². The van der Waals surface area contributed by atoms with Crippen LogP contribution in [0, 0.1) is 0 Å². The number of hydrogen-bond donors (Lipinski definition) is 0. The van der Waals surface area contributed by atoms with Crippen molar-refractivity contribution >= 4 is 31.9 Å². The largest absolute Gasteiger partial charge is 0.501 e. The average molecular weight is 641 g/mol. The Labute approximate surface area is 278 Å². The van der Waals surface area contributed by atoms with Crippen LogP contribution in [0.25, 0.3) is 54.9 Å². The zero-order valence-corrected chi connectivity index (χ0v) is 27.9. The summed E-state index contributed by atoms with van der Waals surface area (Å²) in [6.45, 7) is 4.46. The zero-order valence-electron chi connectivity index (χ0n) is 27.1. The van der Waals surface area contributed by atoms with E-state index in [-0.39, 0.29) is 11.5 Å². The second kappa shape index (κ2) is 13.2. The fourth-order valence-electron chi connectivity index (χ4n) is 6.76. The lowest BCUT2D eigenvalue weighted by molar-refractivity contribution is 0.398. The molecule has 238 valence electrons. The van der Waals surface area contributed by atoms with Crippen LogP contribution in [-0.4, -0.2) is 8.42 Å². The molecule has 5 heteroatoms. The van der Waals surface area contributed by atoms with Crippen LogP contribution in [0.2, 0.25) is 0 Å². The second-order valence-electron chi connectivity index (χ2n) is 12.6. The van der Waals surface area contributed by atoms with Gasteiger partial charge in [0.25, 0.3) is 0 Å². The van der Waals surface area contributed by atoms with Crippen LogP contribution in [0.4, 0.5) is 0 Å². The van der Waals surface area contributed by atoms with E-state index in [1.54, 1.807) is 12.1 Å². The molecule has 0 spiro atoms. The van der Waals surface area contributed by atoms with Gasteiger partial charge >= 0.3 is 10.4 Å². The van der Waals surface area contributed by atoms with E-state index in [9.17, 15) is 8.42 Å². The molecule has 7 rings (SSSR count). The van der Waals surface area contributed by atoms with Gasteiger partial charge in [-0.15, -0.1) is 8.42 Å². The average Bonchev–Trinajstić information content (AvgIpc) is 3.21. The molecule has 0 N–H and O–H groups in total. The van der Waals surface area contributed by atoms with Crippen molar-refractivity contribution in [1.82, 2.24) is 0 Å². The molecular formula is C42H40O4S. The van der Waals surface area contributed by atoms with Crippen LogP contribution in [-0.2, 0) is 23.2 Å². The van der Waals surface area contributed by atoms with Crippen molar-refractivity contribution in [2.75, 3.05) is 0 Å². The number of fused-ring (bicyclic) bond motifs is 7. The first kappa shape index (κ1) is 31.0. The van der Waals surface area contributed by atoms with Gasteiger partial charge in [-0.05, 0) is 105 Å². The van der Waals surface area contributed by atoms with Gasteiger partial charge in [0.15, 0.2) is 11.5 Å². The summed E-state index contributed by atoms with van der Waals surface area (Å²) in [5, 5.41) is 3.80. The number of hydrogen-bond acceptors (Lipinski definition) is 4. The van der Waals surface area contributed by atoms with Crippen LogP contribution in [0.5, 0.6) is 11.5 Å². The van der Waals surface area contributed by atoms with Crippen molar-refractivity contribution in [3.05, 3.63) is 120 Å². The Morgan fingerprint density at radius 3 is 1.28 bits per heavy atom. The van der Waals surface area contributed by atoms with Crippen molar-refractivity contribution in [1.29, 1.82) is 0 Å². The molecule has 1 heterocycles. The maximum Gasteiger partial charge on any atom is 0.501 e. The van der Waals surface area contributed by atoms with Gasteiger partial charge in [0.1, 0.15) is 0 Å². The highest BCUT2D eigenvalue weighted by Gasteiger charge is 2.29. The van der Waals surface area contributed by atoms with Crippen LogP contribution >= 0.6 is 0 Å². The number of unbranched alkanes of at least 4 members (excludes halogenated alkanes) is 4. The Morgan fingerprint density at radius 2 is 0.872 bits per heavy atom. The Bertz CT molecular complexity index is 2010. The van der Waals surface area contributed by atoms with E-state index >= 15 is 0 Å². The molecule has 6 aromatic carbocycles. The Morgan fingerprint density at radius 1 is 0.468 bits per heavy atom. The molecule has 0 aromatic heterocycles. The molecular weight excluding hydrogens is 601 g/mol. The molecule has 0 saturated heterocycles. The summed E-state index contributed by atoms with van der Waals surface area (Å²) in [6.07, 6.45) is 9.56. The van der Waals surface area contributed by atoms with E-state index in [1.807, 2.05) is 12.1 Å². The summed E-state index contributed by atoms with van der Waals surface area (Å²) in [5.41, 5.74) is 8.66. The molecule has 1 aliphatic heterocycles. The summed E-state index contributed by atoms with van der Waals surface area (Å²) >= 11 is 0. The second-order valence-corrected chi connectivity index (χ2v) is 13.8. The van der Waals surface area contributed by atoms with Gasteiger partial charge in [-0.1, -0.05) is 124 Å². The molecule has 0 fully saturated rings. The van der Waals surface area contributed by atoms with Gasteiger partial charge in [0, 0.05) is 11.1 Å². The molecule has 0 unspecified atom stereocenters. The minimum absolute atomic E-state index is 0.260. The van der Waals surface area contributed by atoms with E-state index in [0.717, 1.165) is 56.6 Å². The molecule has 0 atom stereocenters. The SMILES string of the molecule is CCCCCc1ccc(-c2ccc3c4c(ccc3c2)OS(=O)(=O)Oc2ccc3cc(-c5ccc(CCCCC)cc5)ccc3c2-4)cc1. The van der Waals surface area contributed by atoms with Crippen molar-refractivity contribution in [2.45, 2.75) is 65.2 Å². The standard InChI is InChI=1S/C42H40O4S/c1-3-5-7-9-29-11-15-31(16-12-29)33-19-23-37-35(27-33)21-25-39-41(37)42-38-24-20-34(32-17-13-30(14-18-32)10-8-6-4-2)28-36(38)22-26-40(42)46-47(43,44)45-39/h11-28H,3-10H2,1-2H3. The smallest absolute Gasteiger partial charge is 0.352 e. The van der Waals surface area contributed by atoms with Crippen molar-refractivity contribution in [3.63, 3.8) is 0 Å². The first-order chi connectivity index (χ1) is 22.9. The number of benzene rings is 6. The predicted molar refractivity (Wildman–Crippen MR) is 194 cm³/mol. The highest BCUT2D eigenvalue weighted by Crippen LogP contribution is 2.49. The lowest BCUT2D eigenvalue weighted by Gasteiger charge is -2.15. The molecule has 0 bridgehead atoms. The summed E-state index contributed by atoms with van der Waals surface area (Å²) < 4.78 is 36.9. The van der Waals surface area contributed by atoms with Crippen molar-refractivity contribution < 1.29 is 16.8 Å². The number of aryl methyl sites for hydroxylation is 2. The van der Waals surface area contributed by atoms with Gasteiger partial charge in [-0.25, -0.2) is 0 Å². The molecule has 0 radical (unpaired) electrons. The van der Waals surface area contributed by atoms with Gasteiger partial charge in [0.2, 0.25) is 0 Å². The third kappa shape index (κ3) is 6.50. The summed E-state index contributed by atoms with van der Waals surface area (Å²) in [7, 11) is -4.31. The molecule has 6 aromatic rings. The molecule has 47 heavy (non-hydrogen) atoms. The third-order valence-corrected chi connectivity index (χ3v) is 10.1. The van der Waals surface area contributed by atoms with E-state index in [1.165, 1.54) is 49.7 Å². The third-order valence-electron chi connectivity index (χ3n) is 9.31. The molecule has 0 amide bonds. The quantitative estimate of drug-likeness (QED) is 0.140. The first-order valence-corrected chi connectivity index (χ1v) is 18.2. The van der Waals surface area contributed by atoms with E-state index in [4.69, 9.17) is 8.37 Å². The Hall–Kier alpha value is -4.61. The van der Waals surface area contributed by atoms with Gasteiger partial charge < -0.3 is 8.37 Å². The normalized spacial score (nSPS) is 13.4. The molecule has 0 saturated carbocycles. The van der Waals surface area contributed by atoms with E-state index in [2.05, 4.69) is 98.8 Å². The van der Waals surface area contributed by atoms with Crippen LogP contribution < -0.4 is 8.37 Å². The Kier molecular flexibility index (Phi) is 8.74. The fraction of sp³-hybridized carbons (Fsp3) is 0.238. The minimum atomic E-state index is -4.31. The summed E-state index contributed by atoms with van der Waals surface area (Å²) in [6, 6.07) is 37.6. The maximum absolute atomic E-state index is 12.9. The van der Waals surface area contributed by atoms with Gasteiger partial charge in [-0.2, -0.15) is 0 Å². The monoisotopic (exact) mass is 640 g/mol. The van der Waals surface area contributed by atoms with Crippen LogP contribution in [0.1, 0.15) is 63.5 Å². The highest BCUT2D eigenvalue weighted by molar-refractivity contribution is 7.82. The van der Waals surface area contributed by atoms with Gasteiger partial charge in [-0.3, -0.25) is 0 Å². The van der Waals surface area contributed by atoms with Crippen LogP contribution in [0.15, 0.2) is 109 Å². The van der Waals surface area contributed by atoms with E-state index in [0.29, 0.717) is 11.1 Å². The topological polar surface area (TPSA) is 52.6 Å². The highest BCUT2D eigenvalue weighted by atomic mass is 32.3. The maximum atomic E-state index is 12.9. The van der Waals surface area contributed by atoms with Crippen molar-refractivity contribution in [3.8, 4) is 44.9 Å². The lowest BCUT2D eigenvalue weighted by atomic mass is 9.90. The number of rotatable bonds is 10. The molecule has 4 nitrogen and oxygen atoms in total. The Balaban J connectivity index is 1.29. The zero-order chi connectivity index (χ0) is 32.4.